The van der Waals surface area contributed by atoms with Crippen LogP contribution in [0.2, 0.25) is 0 Å². The van der Waals surface area contributed by atoms with Gasteiger partial charge in [0.1, 0.15) is 0 Å². The monoisotopic (exact) mass is 337 g/mol. The molecule has 1 heteroatoms. The van der Waals surface area contributed by atoms with E-state index < -0.39 is 0 Å². The molecular weight excluding hydrogens is 302 g/mol. The second-order valence-electron chi connectivity index (χ2n) is 7.50. The molecule has 25 heavy (non-hydrogen) atoms. The third-order valence-electron chi connectivity index (χ3n) is 5.90. The lowest BCUT2D eigenvalue weighted by Gasteiger charge is -2.28. The number of rotatable bonds is 9. The van der Waals surface area contributed by atoms with Crippen molar-refractivity contribution in [3.05, 3.63) is 59.7 Å². The van der Waals surface area contributed by atoms with Crippen LogP contribution in [-0.2, 0) is 11.8 Å². The lowest BCUT2D eigenvalue weighted by Crippen LogP contribution is -2.19. The van der Waals surface area contributed by atoms with Crippen LogP contribution in [0.3, 0.4) is 0 Å². The van der Waals surface area contributed by atoms with E-state index in [1.54, 1.807) is 0 Å². The summed E-state index contributed by atoms with van der Waals surface area (Å²) in [4.78, 5) is 2.27. The van der Waals surface area contributed by atoms with Crippen molar-refractivity contribution < 1.29 is 0 Å². The zero-order chi connectivity index (χ0) is 18.3. The first-order chi connectivity index (χ1) is 12.0. The standard InChI is InChI=1S/C24H35N/c1-6-9-10-11-20-12-16-22(17-13-20)25(5)23-18-14-21(15-19-23)24(4,7-2)8-3/h12-19H,6-11H2,1-5H3. The van der Waals surface area contributed by atoms with Gasteiger partial charge in [0.2, 0.25) is 0 Å². The summed E-state index contributed by atoms with van der Waals surface area (Å²) in [5.41, 5.74) is 5.68. The molecule has 2 aromatic rings. The van der Waals surface area contributed by atoms with E-state index in [-0.39, 0.29) is 5.41 Å². The number of nitrogens with zero attached hydrogens (tertiary/aromatic N) is 1. The van der Waals surface area contributed by atoms with Gasteiger partial charge in [-0.3, -0.25) is 0 Å². The summed E-state index contributed by atoms with van der Waals surface area (Å²) in [6, 6.07) is 18.2. The average molecular weight is 338 g/mol. The van der Waals surface area contributed by atoms with Gasteiger partial charge in [0, 0.05) is 18.4 Å². The Morgan fingerprint density at radius 3 is 1.76 bits per heavy atom. The van der Waals surface area contributed by atoms with Gasteiger partial charge in [0.15, 0.2) is 0 Å². The Hall–Kier alpha value is -1.76. The van der Waals surface area contributed by atoms with Gasteiger partial charge in [-0.15, -0.1) is 0 Å². The van der Waals surface area contributed by atoms with Crippen LogP contribution in [0.15, 0.2) is 48.5 Å². The number of hydrogen-bond acceptors (Lipinski definition) is 1. The van der Waals surface area contributed by atoms with Crippen LogP contribution >= 0.6 is 0 Å². The van der Waals surface area contributed by atoms with Crippen molar-refractivity contribution in [2.45, 2.75) is 71.6 Å². The highest BCUT2D eigenvalue weighted by molar-refractivity contribution is 5.63. The predicted octanol–water partition coefficient (Wildman–Crippen LogP) is 7.26. The van der Waals surface area contributed by atoms with Crippen LogP contribution in [-0.4, -0.2) is 7.05 Å². The zero-order valence-corrected chi connectivity index (χ0v) is 16.8. The highest BCUT2D eigenvalue weighted by Gasteiger charge is 2.22. The second kappa shape index (κ2) is 9.08. The number of anilines is 2. The smallest absolute Gasteiger partial charge is 0.0408 e. The maximum atomic E-state index is 2.36. The van der Waals surface area contributed by atoms with Crippen LogP contribution in [0, 0.1) is 0 Å². The average Bonchev–Trinajstić information content (AvgIpc) is 2.67. The molecule has 0 heterocycles. The van der Waals surface area contributed by atoms with Crippen molar-refractivity contribution in [2.75, 3.05) is 11.9 Å². The summed E-state index contributed by atoms with van der Waals surface area (Å²) in [6.07, 6.45) is 7.45. The minimum Gasteiger partial charge on any atom is -0.345 e. The molecule has 0 saturated heterocycles. The summed E-state index contributed by atoms with van der Waals surface area (Å²) >= 11 is 0. The van der Waals surface area contributed by atoms with Crippen LogP contribution < -0.4 is 4.90 Å². The molecule has 0 radical (unpaired) electrons. The largest absolute Gasteiger partial charge is 0.345 e. The third kappa shape index (κ3) is 4.87. The Morgan fingerprint density at radius 2 is 1.28 bits per heavy atom. The molecule has 0 fully saturated rings. The number of benzene rings is 2. The molecule has 0 aliphatic rings. The molecule has 0 aromatic heterocycles. The molecule has 0 N–H and O–H groups in total. The zero-order valence-electron chi connectivity index (χ0n) is 16.8. The van der Waals surface area contributed by atoms with Crippen molar-refractivity contribution in [3.8, 4) is 0 Å². The fraction of sp³-hybridized carbons (Fsp3) is 0.500. The van der Waals surface area contributed by atoms with E-state index >= 15 is 0 Å². The van der Waals surface area contributed by atoms with Crippen molar-refractivity contribution >= 4 is 11.4 Å². The Kier molecular flexibility index (Phi) is 7.11. The van der Waals surface area contributed by atoms with Gasteiger partial charge in [-0.05, 0) is 66.5 Å². The number of unbranched alkanes of at least 4 members (excludes halogenated alkanes) is 2. The molecule has 0 bridgehead atoms. The van der Waals surface area contributed by atoms with Gasteiger partial charge >= 0.3 is 0 Å². The van der Waals surface area contributed by atoms with Gasteiger partial charge in [-0.1, -0.05) is 64.8 Å². The minimum atomic E-state index is 0.289. The van der Waals surface area contributed by atoms with E-state index in [9.17, 15) is 0 Å². The topological polar surface area (TPSA) is 3.24 Å². The molecular formula is C24H35N. The molecule has 0 spiro atoms. The van der Waals surface area contributed by atoms with Gasteiger partial charge in [-0.2, -0.15) is 0 Å². The van der Waals surface area contributed by atoms with Gasteiger partial charge in [0.25, 0.3) is 0 Å². The molecule has 136 valence electrons. The summed E-state index contributed by atoms with van der Waals surface area (Å²) in [5.74, 6) is 0. The predicted molar refractivity (Wildman–Crippen MR) is 112 cm³/mol. The molecule has 2 rings (SSSR count). The van der Waals surface area contributed by atoms with Crippen LogP contribution in [0.4, 0.5) is 11.4 Å². The SMILES string of the molecule is CCCCCc1ccc(N(C)c2ccc(C(C)(CC)CC)cc2)cc1. The van der Waals surface area contributed by atoms with E-state index in [0.29, 0.717) is 0 Å². The normalized spacial score (nSPS) is 11.6. The summed E-state index contributed by atoms with van der Waals surface area (Å²) < 4.78 is 0. The van der Waals surface area contributed by atoms with Crippen molar-refractivity contribution in [1.29, 1.82) is 0 Å². The number of hydrogen-bond donors (Lipinski definition) is 0. The molecule has 1 nitrogen and oxygen atoms in total. The van der Waals surface area contributed by atoms with Gasteiger partial charge in [-0.25, -0.2) is 0 Å². The maximum absolute atomic E-state index is 2.36. The van der Waals surface area contributed by atoms with E-state index in [0.717, 1.165) is 0 Å². The van der Waals surface area contributed by atoms with E-state index in [4.69, 9.17) is 0 Å². The lowest BCUT2D eigenvalue weighted by atomic mass is 9.78. The second-order valence-corrected chi connectivity index (χ2v) is 7.50. The lowest BCUT2D eigenvalue weighted by molar-refractivity contribution is 0.439. The highest BCUT2D eigenvalue weighted by atomic mass is 15.1. The Balaban J connectivity index is 2.08. The highest BCUT2D eigenvalue weighted by Crippen LogP contribution is 2.33. The third-order valence-corrected chi connectivity index (χ3v) is 5.90. The quantitative estimate of drug-likeness (QED) is 0.435. The van der Waals surface area contributed by atoms with Crippen molar-refractivity contribution in [3.63, 3.8) is 0 Å². The Labute approximate surface area is 155 Å². The summed E-state index contributed by atoms with van der Waals surface area (Å²) in [5, 5.41) is 0. The maximum Gasteiger partial charge on any atom is 0.0408 e. The van der Waals surface area contributed by atoms with Crippen LogP contribution in [0.1, 0.15) is 70.9 Å². The molecule has 0 atom stereocenters. The minimum absolute atomic E-state index is 0.289. The van der Waals surface area contributed by atoms with E-state index in [2.05, 4.69) is 88.2 Å². The van der Waals surface area contributed by atoms with E-state index in [1.807, 2.05) is 0 Å². The van der Waals surface area contributed by atoms with Crippen LogP contribution in [0.25, 0.3) is 0 Å². The summed E-state index contributed by atoms with van der Waals surface area (Å²) in [6.45, 7) is 9.19. The van der Waals surface area contributed by atoms with Crippen molar-refractivity contribution in [1.82, 2.24) is 0 Å². The first-order valence-electron chi connectivity index (χ1n) is 9.97. The molecule has 0 unspecified atom stereocenters. The molecule has 0 aliphatic heterocycles. The first kappa shape index (κ1) is 19.6. The van der Waals surface area contributed by atoms with Gasteiger partial charge < -0.3 is 4.90 Å². The Morgan fingerprint density at radius 1 is 0.760 bits per heavy atom. The molecule has 0 amide bonds. The molecule has 0 saturated carbocycles. The van der Waals surface area contributed by atoms with Crippen LogP contribution in [0.5, 0.6) is 0 Å². The fourth-order valence-electron chi connectivity index (χ4n) is 3.36. The first-order valence-corrected chi connectivity index (χ1v) is 9.97. The summed E-state index contributed by atoms with van der Waals surface area (Å²) in [7, 11) is 2.15. The Bertz CT molecular complexity index is 620. The van der Waals surface area contributed by atoms with E-state index in [1.165, 1.54) is 61.0 Å². The van der Waals surface area contributed by atoms with Gasteiger partial charge in [0.05, 0.1) is 0 Å². The fourth-order valence-corrected chi connectivity index (χ4v) is 3.36. The molecule has 2 aromatic carbocycles. The van der Waals surface area contributed by atoms with Crippen molar-refractivity contribution in [2.24, 2.45) is 0 Å². The molecule has 0 aliphatic carbocycles. The number of aryl methyl sites for hydroxylation is 1.